The summed E-state index contributed by atoms with van der Waals surface area (Å²) in [6, 6.07) is 23.7. The van der Waals surface area contributed by atoms with Crippen LogP contribution < -0.4 is 10.1 Å². The maximum Gasteiger partial charge on any atom is 0.258 e. The molecule has 1 amide bonds. The molecule has 1 aliphatic rings. The Bertz CT molecular complexity index is 1230. The molecule has 5 heteroatoms. The number of carbonyl (C=O) groups excluding carboxylic acids is 1. The summed E-state index contributed by atoms with van der Waals surface area (Å²) in [7, 11) is 1.68. The van der Waals surface area contributed by atoms with Crippen LogP contribution in [0, 0.1) is 0 Å². The predicted molar refractivity (Wildman–Crippen MR) is 121 cm³/mol. The molecule has 148 valence electrons. The third-order valence-corrected chi connectivity index (χ3v) is 6.39. The van der Waals surface area contributed by atoms with Gasteiger partial charge in [-0.15, -0.1) is 11.3 Å². The van der Waals surface area contributed by atoms with Gasteiger partial charge in [-0.1, -0.05) is 48.5 Å². The van der Waals surface area contributed by atoms with E-state index < -0.39 is 0 Å². The summed E-state index contributed by atoms with van der Waals surface area (Å²) in [5.74, 6) is 0.717. The van der Waals surface area contributed by atoms with E-state index in [2.05, 4.69) is 17.4 Å². The van der Waals surface area contributed by atoms with Crippen molar-refractivity contribution in [3.8, 4) is 28.1 Å². The van der Waals surface area contributed by atoms with Crippen LogP contribution in [0.4, 0.5) is 5.13 Å². The van der Waals surface area contributed by atoms with Gasteiger partial charge in [-0.05, 0) is 53.8 Å². The molecule has 1 heterocycles. The Morgan fingerprint density at radius 1 is 0.967 bits per heavy atom. The van der Waals surface area contributed by atoms with Crippen LogP contribution in [0.15, 0.2) is 72.8 Å². The number of carbonyl (C=O) groups is 1. The van der Waals surface area contributed by atoms with Crippen LogP contribution in [0.25, 0.3) is 22.4 Å². The minimum Gasteiger partial charge on any atom is -0.497 e. The van der Waals surface area contributed by atoms with Crippen molar-refractivity contribution >= 4 is 22.4 Å². The fraction of sp³-hybridized carbons (Fsp3) is 0.120. The quantitative estimate of drug-likeness (QED) is 0.458. The van der Waals surface area contributed by atoms with Gasteiger partial charge in [0, 0.05) is 16.0 Å². The Labute approximate surface area is 179 Å². The number of amides is 1. The second kappa shape index (κ2) is 7.76. The lowest BCUT2D eigenvalue weighted by Crippen LogP contribution is -2.13. The first-order valence-corrected chi connectivity index (χ1v) is 10.7. The molecule has 0 fully saturated rings. The first-order chi connectivity index (χ1) is 14.7. The van der Waals surface area contributed by atoms with Gasteiger partial charge in [0.05, 0.1) is 12.8 Å². The number of rotatable bonds is 4. The van der Waals surface area contributed by atoms with E-state index in [1.54, 1.807) is 18.4 Å². The molecule has 4 aromatic rings. The number of hydrogen-bond acceptors (Lipinski definition) is 4. The normalized spacial score (nSPS) is 12.0. The number of ether oxygens (including phenoxy) is 1. The van der Waals surface area contributed by atoms with Gasteiger partial charge >= 0.3 is 0 Å². The SMILES string of the molecule is COc1ccc2c(c1)CCc1sc(NC(=O)c3ccccc3-c3ccccc3)nc1-2. The molecule has 1 aliphatic carbocycles. The zero-order chi connectivity index (χ0) is 20.5. The lowest BCUT2D eigenvalue weighted by molar-refractivity contribution is 0.102. The van der Waals surface area contributed by atoms with Crippen molar-refractivity contribution in [2.24, 2.45) is 0 Å². The van der Waals surface area contributed by atoms with Crippen LogP contribution in [0.5, 0.6) is 5.75 Å². The van der Waals surface area contributed by atoms with Crippen molar-refractivity contribution in [1.29, 1.82) is 0 Å². The molecule has 0 bridgehead atoms. The van der Waals surface area contributed by atoms with Crippen molar-refractivity contribution in [1.82, 2.24) is 4.98 Å². The van der Waals surface area contributed by atoms with E-state index in [0.717, 1.165) is 41.0 Å². The highest BCUT2D eigenvalue weighted by Gasteiger charge is 2.22. The second-order valence-corrected chi connectivity index (χ2v) is 8.26. The number of aryl methyl sites for hydroxylation is 2. The summed E-state index contributed by atoms with van der Waals surface area (Å²) >= 11 is 1.56. The first kappa shape index (κ1) is 18.6. The molecule has 0 aliphatic heterocycles. The number of hydrogen-bond donors (Lipinski definition) is 1. The van der Waals surface area contributed by atoms with Crippen molar-refractivity contribution in [2.45, 2.75) is 12.8 Å². The number of thiazole rings is 1. The van der Waals surface area contributed by atoms with Gasteiger partial charge in [-0.3, -0.25) is 10.1 Å². The molecule has 3 aromatic carbocycles. The number of nitrogens with one attached hydrogen (secondary N) is 1. The zero-order valence-electron chi connectivity index (χ0n) is 16.5. The Balaban J connectivity index is 1.45. The van der Waals surface area contributed by atoms with Gasteiger partial charge in [0.15, 0.2) is 5.13 Å². The molecule has 1 aromatic heterocycles. The smallest absolute Gasteiger partial charge is 0.258 e. The Kier molecular flexibility index (Phi) is 4.81. The molecule has 0 unspecified atom stereocenters. The number of methoxy groups -OCH3 is 1. The van der Waals surface area contributed by atoms with Gasteiger partial charge < -0.3 is 4.74 Å². The van der Waals surface area contributed by atoms with Crippen LogP contribution in [0.2, 0.25) is 0 Å². The third-order valence-electron chi connectivity index (χ3n) is 5.36. The molecule has 30 heavy (non-hydrogen) atoms. The van der Waals surface area contributed by atoms with Crippen molar-refractivity contribution in [3.63, 3.8) is 0 Å². The third kappa shape index (κ3) is 3.37. The van der Waals surface area contributed by atoms with E-state index >= 15 is 0 Å². The molecular weight excluding hydrogens is 392 g/mol. The van der Waals surface area contributed by atoms with Gasteiger partial charge in [-0.25, -0.2) is 4.98 Å². The summed E-state index contributed by atoms with van der Waals surface area (Å²) < 4.78 is 5.35. The van der Waals surface area contributed by atoms with Crippen LogP contribution in [0.3, 0.4) is 0 Å². The molecular formula is C25H20N2O2S. The van der Waals surface area contributed by atoms with Gasteiger partial charge in [0.25, 0.3) is 5.91 Å². The van der Waals surface area contributed by atoms with E-state index in [9.17, 15) is 4.79 Å². The lowest BCUT2D eigenvalue weighted by atomic mass is 9.93. The van der Waals surface area contributed by atoms with E-state index in [0.29, 0.717) is 10.7 Å². The van der Waals surface area contributed by atoms with Gasteiger partial charge in [0.2, 0.25) is 0 Å². The molecule has 0 spiro atoms. The number of anilines is 1. The van der Waals surface area contributed by atoms with Crippen LogP contribution in [-0.2, 0) is 12.8 Å². The minimum atomic E-state index is -0.143. The monoisotopic (exact) mass is 412 g/mol. The number of benzene rings is 3. The molecule has 0 saturated heterocycles. The number of fused-ring (bicyclic) bond motifs is 3. The van der Waals surface area contributed by atoms with Crippen LogP contribution in [0.1, 0.15) is 20.8 Å². The Morgan fingerprint density at radius 2 is 1.77 bits per heavy atom. The zero-order valence-corrected chi connectivity index (χ0v) is 17.3. The van der Waals surface area contributed by atoms with Crippen LogP contribution in [-0.4, -0.2) is 18.0 Å². The van der Waals surface area contributed by atoms with Crippen molar-refractivity contribution in [3.05, 3.63) is 88.8 Å². The average molecular weight is 413 g/mol. The van der Waals surface area contributed by atoms with Crippen molar-refractivity contribution < 1.29 is 9.53 Å². The van der Waals surface area contributed by atoms with Crippen molar-refractivity contribution in [2.75, 3.05) is 12.4 Å². The highest BCUT2D eigenvalue weighted by Crippen LogP contribution is 2.39. The maximum atomic E-state index is 13.1. The van der Waals surface area contributed by atoms with E-state index in [-0.39, 0.29) is 5.91 Å². The largest absolute Gasteiger partial charge is 0.497 e. The molecule has 5 rings (SSSR count). The average Bonchev–Trinajstić information content (AvgIpc) is 3.22. The highest BCUT2D eigenvalue weighted by molar-refractivity contribution is 7.16. The van der Waals surface area contributed by atoms with E-state index in [1.165, 1.54) is 10.4 Å². The predicted octanol–water partition coefficient (Wildman–Crippen LogP) is 5.84. The topological polar surface area (TPSA) is 51.2 Å². The van der Waals surface area contributed by atoms with Gasteiger partial charge in [-0.2, -0.15) is 0 Å². The fourth-order valence-electron chi connectivity index (χ4n) is 3.88. The molecule has 0 saturated carbocycles. The number of aromatic nitrogens is 1. The fourth-order valence-corrected chi connectivity index (χ4v) is 4.85. The Hall–Kier alpha value is -3.44. The maximum absolute atomic E-state index is 13.1. The molecule has 1 N–H and O–H groups in total. The molecule has 0 radical (unpaired) electrons. The Morgan fingerprint density at radius 3 is 2.60 bits per heavy atom. The summed E-state index contributed by atoms with van der Waals surface area (Å²) in [6.45, 7) is 0. The summed E-state index contributed by atoms with van der Waals surface area (Å²) in [6.07, 6.45) is 1.87. The van der Waals surface area contributed by atoms with E-state index in [4.69, 9.17) is 9.72 Å². The summed E-state index contributed by atoms with van der Waals surface area (Å²) in [4.78, 5) is 19.1. The number of nitrogens with zero attached hydrogens (tertiary/aromatic N) is 1. The highest BCUT2D eigenvalue weighted by atomic mass is 32.1. The standard InChI is InChI=1S/C25H20N2O2S/c1-29-18-12-13-20-17(15-18)11-14-22-23(20)26-25(30-22)27-24(28)21-10-6-5-9-19(21)16-7-3-2-4-8-16/h2-10,12-13,15H,11,14H2,1H3,(H,26,27,28). The molecule has 4 nitrogen and oxygen atoms in total. The lowest BCUT2D eigenvalue weighted by Gasteiger charge is -2.15. The minimum absolute atomic E-state index is 0.143. The van der Waals surface area contributed by atoms with Gasteiger partial charge in [0.1, 0.15) is 5.75 Å². The van der Waals surface area contributed by atoms with E-state index in [1.807, 2.05) is 60.7 Å². The van der Waals surface area contributed by atoms with Crippen LogP contribution >= 0.6 is 11.3 Å². The first-order valence-electron chi connectivity index (χ1n) is 9.86. The molecule has 0 atom stereocenters. The summed E-state index contributed by atoms with van der Waals surface area (Å²) in [5, 5.41) is 3.66. The summed E-state index contributed by atoms with van der Waals surface area (Å²) in [5.41, 5.74) is 5.90. The second-order valence-electron chi connectivity index (χ2n) is 7.18.